The quantitative estimate of drug-likeness (QED) is 0.449. The summed E-state index contributed by atoms with van der Waals surface area (Å²) in [6, 6.07) is 21.5. The molecule has 0 saturated carbocycles. The van der Waals surface area contributed by atoms with Crippen LogP contribution in [0.2, 0.25) is 0 Å². The van der Waals surface area contributed by atoms with Crippen molar-refractivity contribution in [1.82, 2.24) is 10.4 Å². The van der Waals surface area contributed by atoms with E-state index in [1.165, 1.54) is 20.3 Å². The van der Waals surface area contributed by atoms with Gasteiger partial charge >= 0.3 is 6.09 Å². The van der Waals surface area contributed by atoms with Gasteiger partial charge in [-0.3, -0.25) is 10.2 Å². The smallest absolute Gasteiger partial charge is 0.433 e. The van der Waals surface area contributed by atoms with Crippen molar-refractivity contribution in [3.05, 3.63) is 90.2 Å². The number of ether oxygens (including phenoxy) is 2. The molecule has 1 N–H and O–H groups in total. The lowest BCUT2D eigenvalue weighted by Gasteiger charge is -2.23. The summed E-state index contributed by atoms with van der Waals surface area (Å²) in [5.74, 6) is -1.09. The molecule has 0 fully saturated rings. The Labute approximate surface area is 189 Å². The van der Waals surface area contributed by atoms with Gasteiger partial charge in [-0.1, -0.05) is 48.5 Å². The van der Waals surface area contributed by atoms with E-state index in [-0.39, 0.29) is 22.6 Å². The lowest BCUT2D eigenvalue weighted by Crippen LogP contribution is -2.46. The zero-order chi connectivity index (χ0) is 23.4. The molecule has 8 heteroatoms. The Morgan fingerprint density at radius 3 is 2.27 bits per heavy atom. The molecule has 4 aromatic rings. The van der Waals surface area contributed by atoms with Gasteiger partial charge in [-0.15, -0.1) is 0 Å². The molecule has 4 rings (SSSR count). The van der Waals surface area contributed by atoms with E-state index in [9.17, 15) is 14.0 Å². The van der Waals surface area contributed by atoms with Crippen LogP contribution in [0.1, 0.15) is 10.4 Å². The van der Waals surface area contributed by atoms with Gasteiger partial charge in [0, 0.05) is 10.9 Å². The van der Waals surface area contributed by atoms with E-state index in [0.717, 1.165) is 5.01 Å². The third kappa shape index (κ3) is 4.18. The first-order valence-corrected chi connectivity index (χ1v) is 10.0. The van der Waals surface area contributed by atoms with Gasteiger partial charge < -0.3 is 9.47 Å². The van der Waals surface area contributed by atoms with E-state index >= 15 is 0 Å². The van der Waals surface area contributed by atoms with Gasteiger partial charge in [0.2, 0.25) is 0 Å². The van der Waals surface area contributed by atoms with Crippen molar-refractivity contribution in [3.8, 4) is 17.0 Å². The van der Waals surface area contributed by atoms with Crippen LogP contribution in [0.15, 0.2) is 78.9 Å². The second kappa shape index (κ2) is 9.35. The molecule has 7 nitrogen and oxygen atoms in total. The molecule has 0 atom stereocenters. The number of carbonyl (C=O) groups is 2. The molecule has 0 aliphatic heterocycles. The van der Waals surface area contributed by atoms with Crippen molar-refractivity contribution in [3.63, 3.8) is 0 Å². The minimum atomic E-state index is -0.791. The SMILES string of the molecule is COC(=O)N(NC(=O)c1c(OC)c(-c2ccccc2F)nc2ccccc12)c1ccccc1. The van der Waals surface area contributed by atoms with Crippen LogP contribution >= 0.6 is 0 Å². The summed E-state index contributed by atoms with van der Waals surface area (Å²) in [6.45, 7) is 0. The number of halogens is 1. The van der Waals surface area contributed by atoms with Crippen LogP contribution < -0.4 is 15.2 Å². The van der Waals surface area contributed by atoms with Gasteiger partial charge in [0.15, 0.2) is 5.75 Å². The van der Waals surface area contributed by atoms with Gasteiger partial charge in [-0.2, -0.15) is 5.01 Å². The fourth-order valence-electron chi connectivity index (χ4n) is 3.50. The molecule has 3 aromatic carbocycles. The zero-order valence-electron chi connectivity index (χ0n) is 17.9. The predicted octanol–water partition coefficient (Wildman–Crippen LogP) is 4.97. The monoisotopic (exact) mass is 445 g/mol. The summed E-state index contributed by atoms with van der Waals surface area (Å²) in [5.41, 5.74) is 3.89. The highest BCUT2D eigenvalue weighted by atomic mass is 19.1. The Morgan fingerprint density at radius 2 is 1.58 bits per heavy atom. The summed E-state index contributed by atoms with van der Waals surface area (Å²) in [6.07, 6.45) is -0.791. The van der Waals surface area contributed by atoms with E-state index in [4.69, 9.17) is 9.47 Å². The Bertz CT molecular complexity index is 1330. The zero-order valence-corrected chi connectivity index (χ0v) is 17.9. The van der Waals surface area contributed by atoms with E-state index in [1.54, 1.807) is 72.8 Å². The van der Waals surface area contributed by atoms with E-state index in [0.29, 0.717) is 16.6 Å². The van der Waals surface area contributed by atoms with Crippen LogP contribution in [0.5, 0.6) is 5.75 Å². The fourth-order valence-corrected chi connectivity index (χ4v) is 3.50. The molecule has 1 aromatic heterocycles. The number of amides is 2. The minimum Gasteiger partial charge on any atom is -0.494 e. The van der Waals surface area contributed by atoms with Crippen LogP contribution in [-0.4, -0.2) is 31.2 Å². The van der Waals surface area contributed by atoms with Gasteiger partial charge in [0.05, 0.1) is 31.0 Å². The molecular formula is C25H20FN3O4. The van der Waals surface area contributed by atoms with Crippen molar-refractivity contribution in [1.29, 1.82) is 0 Å². The second-order valence-corrected chi connectivity index (χ2v) is 6.95. The van der Waals surface area contributed by atoms with Crippen molar-refractivity contribution in [2.75, 3.05) is 19.2 Å². The predicted molar refractivity (Wildman–Crippen MR) is 122 cm³/mol. The maximum Gasteiger partial charge on any atom is 0.433 e. The standard InChI is InChI=1S/C25H20FN3O4/c1-32-23-21(24(30)28-29(25(31)33-2)16-10-4-3-5-11-16)18-13-7-9-15-20(18)27-22(23)17-12-6-8-14-19(17)26/h3-15H,1-2H3,(H,28,30). The number of hydrogen-bond acceptors (Lipinski definition) is 5. The Hall–Kier alpha value is -4.46. The molecular weight excluding hydrogens is 425 g/mol. The maximum absolute atomic E-state index is 14.6. The van der Waals surface area contributed by atoms with Crippen LogP contribution in [-0.2, 0) is 4.74 Å². The van der Waals surface area contributed by atoms with Crippen LogP contribution in [0.25, 0.3) is 22.2 Å². The Morgan fingerprint density at radius 1 is 0.909 bits per heavy atom. The first-order valence-electron chi connectivity index (χ1n) is 10.0. The summed E-state index contributed by atoms with van der Waals surface area (Å²) in [7, 11) is 2.59. The summed E-state index contributed by atoms with van der Waals surface area (Å²) in [4.78, 5) is 30.5. The van der Waals surface area contributed by atoms with E-state index in [2.05, 4.69) is 10.4 Å². The second-order valence-electron chi connectivity index (χ2n) is 6.95. The van der Waals surface area contributed by atoms with Crippen LogP contribution in [0.3, 0.4) is 0 Å². The molecule has 0 radical (unpaired) electrons. The molecule has 0 bridgehead atoms. The van der Waals surface area contributed by atoms with E-state index in [1.807, 2.05) is 0 Å². The number of fused-ring (bicyclic) bond motifs is 1. The van der Waals surface area contributed by atoms with Crippen molar-refractivity contribution in [2.45, 2.75) is 0 Å². The van der Waals surface area contributed by atoms with Crippen molar-refractivity contribution in [2.24, 2.45) is 0 Å². The summed E-state index contributed by atoms with van der Waals surface area (Å²) < 4.78 is 25.0. The third-order valence-corrected chi connectivity index (χ3v) is 4.99. The molecule has 0 saturated heterocycles. The molecule has 2 amide bonds. The number of nitrogens with one attached hydrogen (secondary N) is 1. The first-order chi connectivity index (χ1) is 16.0. The highest BCUT2D eigenvalue weighted by Gasteiger charge is 2.27. The average molecular weight is 445 g/mol. The summed E-state index contributed by atoms with van der Waals surface area (Å²) >= 11 is 0. The van der Waals surface area contributed by atoms with Gasteiger partial charge in [-0.05, 0) is 30.3 Å². The van der Waals surface area contributed by atoms with E-state index < -0.39 is 17.8 Å². The highest BCUT2D eigenvalue weighted by Crippen LogP contribution is 2.37. The molecule has 33 heavy (non-hydrogen) atoms. The summed E-state index contributed by atoms with van der Waals surface area (Å²) in [5, 5.41) is 1.46. The van der Waals surface area contributed by atoms with Crippen molar-refractivity contribution < 1.29 is 23.5 Å². The fraction of sp³-hybridized carbons (Fsp3) is 0.0800. The number of methoxy groups -OCH3 is 2. The number of rotatable bonds is 4. The highest BCUT2D eigenvalue weighted by molar-refractivity contribution is 6.12. The number of carbonyl (C=O) groups excluding carboxylic acids is 2. The molecule has 0 unspecified atom stereocenters. The number of benzene rings is 3. The van der Waals surface area contributed by atoms with Crippen molar-refractivity contribution >= 4 is 28.6 Å². The number of aromatic nitrogens is 1. The normalized spacial score (nSPS) is 10.5. The van der Waals surface area contributed by atoms with Gasteiger partial charge in [-0.25, -0.2) is 14.2 Å². The Kier molecular flexibility index (Phi) is 6.17. The number of hydrazine groups is 1. The number of anilines is 1. The lowest BCUT2D eigenvalue weighted by molar-refractivity contribution is 0.0939. The maximum atomic E-state index is 14.6. The average Bonchev–Trinajstić information content (AvgIpc) is 2.86. The molecule has 166 valence electrons. The molecule has 0 spiro atoms. The topological polar surface area (TPSA) is 80.8 Å². The minimum absolute atomic E-state index is 0.0779. The van der Waals surface area contributed by atoms with Gasteiger partial charge in [0.1, 0.15) is 11.5 Å². The first kappa shape index (κ1) is 21.8. The number of hydrogen-bond donors (Lipinski definition) is 1. The Balaban J connectivity index is 1.89. The molecule has 1 heterocycles. The largest absolute Gasteiger partial charge is 0.494 e. The third-order valence-electron chi connectivity index (χ3n) is 4.99. The van der Waals surface area contributed by atoms with Gasteiger partial charge in [0.25, 0.3) is 5.91 Å². The number of nitrogens with zero attached hydrogens (tertiary/aromatic N) is 2. The number of pyridine rings is 1. The van der Waals surface area contributed by atoms with Crippen LogP contribution in [0, 0.1) is 5.82 Å². The van der Waals surface area contributed by atoms with Crippen LogP contribution in [0.4, 0.5) is 14.9 Å². The molecule has 0 aliphatic carbocycles. The lowest BCUT2D eigenvalue weighted by atomic mass is 10.0. The molecule has 0 aliphatic rings. The number of para-hydroxylation sites is 2.